The van der Waals surface area contributed by atoms with Crippen LogP contribution in [0.25, 0.3) is 0 Å². The van der Waals surface area contributed by atoms with E-state index in [2.05, 4.69) is 31.3 Å². The van der Waals surface area contributed by atoms with E-state index >= 15 is 0 Å². The number of aromatic nitrogens is 2. The average molecular weight is 409 g/mol. The highest BCUT2D eigenvalue weighted by molar-refractivity contribution is 8.17. The SMILES string of the molecule is COCCS(=O)C1=C2NN3NCCC3C3CC(c4cncnc4)NC(S1)C23. The van der Waals surface area contributed by atoms with Gasteiger partial charge in [0.05, 0.1) is 38.5 Å². The fourth-order valence-corrected chi connectivity index (χ4v) is 7.88. The summed E-state index contributed by atoms with van der Waals surface area (Å²) in [5.74, 6) is 1.39. The van der Waals surface area contributed by atoms with E-state index in [-0.39, 0.29) is 11.4 Å². The first-order valence-corrected chi connectivity index (χ1v) is 11.5. The highest BCUT2D eigenvalue weighted by Crippen LogP contribution is 2.54. The number of ether oxygens (including phenoxy) is 1. The van der Waals surface area contributed by atoms with E-state index in [1.807, 2.05) is 12.4 Å². The molecule has 0 aliphatic carbocycles. The van der Waals surface area contributed by atoms with Gasteiger partial charge in [0.2, 0.25) is 0 Å². The zero-order chi connectivity index (χ0) is 18.4. The van der Waals surface area contributed by atoms with Crippen LogP contribution in [0.4, 0.5) is 0 Å². The van der Waals surface area contributed by atoms with Crippen LogP contribution in [-0.4, -0.2) is 56.7 Å². The van der Waals surface area contributed by atoms with E-state index in [9.17, 15) is 4.21 Å². The summed E-state index contributed by atoms with van der Waals surface area (Å²) in [5, 5.41) is 6.15. The maximum absolute atomic E-state index is 12.9. The molecular weight excluding hydrogens is 384 g/mol. The second kappa shape index (κ2) is 7.41. The van der Waals surface area contributed by atoms with Crippen LogP contribution in [-0.2, 0) is 15.5 Å². The summed E-state index contributed by atoms with van der Waals surface area (Å²) < 4.78 is 19.0. The minimum atomic E-state index is -1.05. The average Bonchev–Trinajstić information content (AvgIpc) is 3.32. The lowest BCUT2D eigenvalue weighted by atomic mass is 9.74. The van der Waals surface area contributed by atoms with Gasteiger partial charge in [-0.2, -0.15) is 5.12 Å². The lowest BCUT2D eigenvalue weighted by molar-refractivity contribution is 0.00556. The Kier molecular flexibility index (Phi) is 4.95. The third-order valence-electron chi connectivity index (χ3n) is 5.90. The molecule has 6 atom stereocenters. The molecule has 0 saturated carbocycles. The summed E-state index contributed by atoms with van der Waals surface area (Å²) in [7, 11) is 0.601. The zero-order valence-corrected chi connectivity index (χ0v) is 16.8. The van der Waals surface area contributed by atoms with Crippen LogP contribution in [0.2, 0.25) is 0 Å². The molecule has 0 radical (unpaired) electrons. The molecule has 3 saturated heterocycles. The largest absolute Gasteiger partial charge is 0.384 e. The van der Waals surface area contributed by atoms with Crippen molar-refractivity contribution in [3.63, 3.8) is 0 Å². The number of hydrogen-bond donors (Lipinski definition) is 3. The molecule has 146 valence electrons. The van der Waals surface area contributed by atoms with Gasteiger partial charge in [-0.3, -0.25) is 9.53 Å². The predicted octanol–water partition coefficient (Wildman–Crippen LogP) is 0.478. The van der Waals surface area contributed by atoms with E-state index < -0.39 is 10.8 Å². The van der Waals surface area contributed by atoms with Crippen molar-refractivity contribution in [3.05, 3.63) is 34.2 Å². The molecule has 10 heteroatoms. The first kappa shape index (κ1) is 18.0. The normalized spacial score (nSPS) is 36.3. The highest BCUT2D eigenvalue weighted by atomic mass is 32.2. The number of nitrogens with one attached hydrogen (secondary N) is 3. The Labute approximate surface area is 165 Å². The van der Waals surface area contributed by atoms with Gasteiger partial charge in [0.15, 0.2) is 0 Å². The van der Waals surface area contributed by atoms with E-state index in [1.165, 1.54) is 0 Å². The first-order valence-electron chi connectivity index (χ1n) is 9.34. The smallest absolute Gasteiger partial charge is 0.115 e. The van der Waals surface area contributed by atoms with Gasteiger partial charge in [-0.1, -0.05) is 11.8 Å². The molecule has 6 unspecified atom stereocenters. The molecule has 4 aliphatic heterocycles. The molecular formula is C17H24N6O2S2. The minimum Gasteiger partial charge on any atom is -0.384 e. The van der Waals surface area contributed by atoms with Crippen molar-refractivity contribution in [2.75, 3.05) is 26.0 Å². The van der Waals surface area contributed by atoms with Crippen molar-refractivity contribution >= 4 is 22.6 Å². The highest BCUT2D eigenvalue weighted by Gasteiger charge is 2.54. The van der Waals surface area contributed by atoms with Crippen LogP contribution >= 0.6 is 11.8 Å². The topological polar surface area (TPSA) is 91.4 Å². The Hall–Kier alpha value is -1.04. The van der Waals surface area contributed by atoms with Gasteiger partial charge in [0, 0.05) is 49.6 Å². The molecule has 0 amide bonds. The Morgan fingerprint density at radius 3 is 3.07 bits per heavy atom. The molecule has 5 heterocycles. The zero-order valence-electron chi connectivity index (χ0n) is 15.1. The van der Waals surface area contributed by atoms with Crippen LogP contribution < -0.4 is 16.2 Å². The van der Waals surface area contributed by atoms with Crippen LogP contribution in [0.3, 0.4) is 0 Å². The quantitative estimate of drug-likeness (QED) is 0.643. The molecule has 0 aromatic carbocycles. The van der Waals surface area contributed by atoms with Crippen LogP contribution in [0.15, 0.2) is 28.7 Å². The third kappa shape index (κ3) is 3.12. The van der Waals surface area contributed by atoms with Crippen molar-refractivity contribution in [3.8, 4) is 0 Å². The van der Waals surface area contributed by atoms with Crippen molar-refractivity contribution in [2.24, 2.45) is 11.8 Å². The Morgan fingerprint density at radius 2 is 2.26 bits per heavy atom. The van der Waals surface area contributed by atoms with Gasteiger partial charge in [0.1, 0.15) is 6.33 Å². The molecule has 0 spiro atoms. The molecule has 3 fully saturated rings. The summed E-state index contributed by atoms with van der Waals surface area (Å²) in [4.78, 5) is 8.41. The minimum absolute atomic E-state index is 0.221. The van der Waals surface area contributed by atoms with E-state index in [4.69, 9.17) is 4.74 Å². The summed E-state index contributed by atoms with van der Waals surface area (Å²) in [5.41, 5.74) is 9.25. The van der Waals surface area contributed by atoms with E-state index in [1.54, 1.807) is 25.2 Å². The summed E-state index contributed by atoms with van der Waals surface area (Å²) in [6.45, 7) is 1.48. The lowest BCUT2D eigenvalue weighted by Gasteiger charge is -2.48. The summed E-state index contributed by atoms with van der Waals surface area (Å²) in [6, 6.07) is 0.668. The number of fused-ring (bicyclic) bond motifs is 2. The van der Waals surface area contributed by atoms with Crippen molar-refractivity contribution in [1.82, 2.24) is 31.3 Å². The van der Waals surface area contributed by atoms with Gasteiger partial charge in [0.25, 0.3) is 0 Å². The standard InChI is InChI=1S/C17H24N6O2S2/c1-25-4-5-27(24)17-15-14-11(13-2-3-20-23(13)22-15)6-12(21-16(14)26-17)10-7-18-9-19-8-10/h7-9,11-14,16,20-22H,2-6H2,1H3. The molecule has 4 aliphatic rings. The maximum atomic E-state index is 12.9. The Morgan fingerprint density at radius 1 is 1.41 bits per heavy atom. The fourth-order valence-electron chi connectivity index (χ4n) is 4.71. The van der Waals surface area contributed by atoms with Crippen molar-refractivity contribution in [2.45, 2.75) is 30.3 Å². The van der Waals surface area contributed by atoms with Gasteiger partial charge >= 0.3 is 0 Å². The molecule has 3 N–H and O–H groups in total. The monoisotopic (exact) mass is 408 g/mol. The van der Waals surface area contributed by atoms with Crippen molar-refractivity contribution < 1.29 is 8.95 Å². The van der Waals surface area contributed by atoms with Gasteiger partial charge in [-0.25, -0.2) is 15.4 Å². The predicted molar refractivity (Wildman–Crippen MR) is 104 cm³/mol. The number of thioether (sulfide) groups is 1. The van der Waals surface area contributed by atoms with Crippen molar-refractivity contribution in [1.29, 1.82) is 0 Å². The van der Waals surface area contributed by atoms with Gasteiger partial charge in [-0.05, 0) is 18.8 Å². The van der Waals surface area contributed by atoms with Crippen LogP contribution in [0.5, 0.6) is 0 Å². The maximum Gasteiger partial charge on any atom is 0.115 e. The molecule has 1 aromatic heterocycles. The lowest BCUT2D eigenvalue weighted by Crippen LogP contribution is -2.61. The van der Waals surface area contributed by atoms with E-state index in [0.717, 1.165) is 34.9 Å². The number of hydrogen-bond acceptors (Lipinski definition) is 9. The second-order valence-electron chi connectivity index (χ2n) is 7.34. The molecule has 5 rings (SSSR count). The third-order valence-corrected chi connectivity index (χ3v) is 9.03. The van der Waals surface area contributed by atoms with Gasteiger partial charge in [-0.15, -0.1) is 0 Å². The van der Waals surface area contributed by atoms with Crippen LogP contribution in [0, 0.1) is 11.8 Å². The van der Waals surface area contributed by atoms with Crippen LogP contribution in [0.1, 0.15) is 24.4 Å². The fraction of sp³-hybridized carbons (Fsp3) is 0.647. The molecule has 8 nitrogen and oxygen atoms in total. The summed E-state index contributed by atoms with van der Waals surface area (Å²) in [6.07, 6.45) is 7.54. The number of rotatable bonds is 5. The molecule has 1 aromatic rings. The summed E-state index contributed by atoms with van der Waals surface area (Å²) >= 11 is 1.72. The number of methoxy groups -OCH3 is 1. The van der Waals surface area contributed by atoms with E-state index in [0.29, 0.717) is 30.2 Å². The number of piperidine rings is 1. The first-order chi connectivity index (χ1) is 13.3. The molecule has 27 heavy (non-hydrogen) atoms. The number of nitrogens with zero attached hydrogens (tertiary/aromatic N) is 3. The Bertz CT molecular complexity index is 763. The number of hydrazine groups is 2. The molecule has 0 bridgehead atoms. The Balaban J connectivity index is 1.47. The second-order valence-corrected chi connectivity index (χ2v) is 10.3. The van der Waals surface area contributed by atoms with Gasteiger partial charge < -0.3 is 10.2 Å².